The van der Waals surface area contributed by atoms with Crippen LogP contribution in [-0.2, 0) is 22.6 Å². The molecule has 0 spiro atoms. The van der Waals surface area contributed by atoms with E-state index in [0.29, 0.717) is 18.7 Å². The second-order valence-corrected chi connectivity index (χ2v) is 3.87. The van der Waals surface area contributed by atoms with Crippen LogP contribution in [0.5, 0.6) is 0 Å². The molecule has 0 aliphatic carbocycles. The Labute approximate surface area is 99.6 Å². The quantitative estimate of drug-likeness (QED) is 0.772. The Balaban J connectivity index is 2.81. The molecule has 1 aromatic heterocycles. The second kappa shape index (κ2) is 5.47. The summed E-state index contributed by atoms with van der Waals surface area (Å²) in [5.41, 5.74) is 2.25. The maximum Gasteiger partial charge on any atom is 0.307 e. The number of carbonyl (C=O) groups is 2. The van der Waals surface area contributed by atoms with Crippen molar-refractivity contribution in [1.29, 1.82) is 0 Å². The lowest BCUT2D eigenvalue weighted by Crippen LogP contribution is -2.20. The number of hydrogen-bond donors (Lipinski definition) is 2. The van der Waals surface area contributed by atoms with Gasteiger partial charge in [0.1, 0.15) is 0 Å². The molecule has 0 aliphatic heterocycles. The molecule has 0 aromatic carbocycles. The summed E-state index contributed by atoms with van der Waals surface area (Å²) in [4.78, 5) is 21.8. The Morgan fingerprint density at radius 1 is 1.41 bits per heavy atom. The van der Waals surface area contributed by atoms with Gasteiger partial charge in [0.05, 0.1) is 12.1 Å². The zero-order valence-corrected chi connectivity index (χ0v) is 10.3. The molecule has 2 N–H and O–H groups in total. The summed E-state index contributed by atoms with van der Waals surface area (Å²) >= 11 is 0. The van der Waals surface area contributed by atoms with Crippen molar-refractivity contribution in [2.75, 3.05) is 7.05 Å². The standard InChI is InChI=1S/C11H17N3O3/c1-7-9(6-11(16)17)8(2)14(13-7)5-4-10(15)12-3/h4-6H2,1-3H3,(H,12,15)(H,16,17). The number of aryl methyl sites for hydroxylation is 2. The SMILES string of the molecule is CNC(=O)CCn1nc(C)c(CC(=O)O)c1C. The fourth-order valence-corrected chi connectivity index (χ4v) is 1.69. The third-order valence-corrected chi connectivity index (χ3v) is 2.69. The molecule has 6 nitrogen and oxygen atoms in total. The molecule has 0 fully saturated rings. The van der Waals surface area contributed by atoms with Crippen LogP contribution in [-0.4, -0.2) is 33.8 Å². The Morgan fingerprint density at radius 2 is 2.06 bits per heavy atom. The molecule has 1 amide bonds. The molecule has 0 saturated heterocycles. The second-order valence-electron chi connectivity index (χ2n) is 3.87. The van der Waals surface area contributed by atoms with Gasteiger partial charge in [-0.05, 0) is 13.8 Å². The highest BCUT2D eigenvalue weighted by atomic mass is 16.4. The van der Waals surface area contributed by atoms with Gasteiger partial charge >= 0.3 is 5.97 Å². The summed E-state index contributed by atoms with van der Waals surface area (Å²) in [5.74, 6) is -0.931. The number of nitrogens with one attached hydrogen (secondary N) is 1. The first kappa shape index (κ1) is 13.2. The van der Waals surface area contributed by atoms with Crippen molar-refractivity contribution in [1.82, 2.24) is 15.1 Å². The van der Waals surface area contributed by atoms with Crippen molar-refractivity contribution in [2.45, 2.75) is 33.2 Å². The highest BCUT2D eigenvalue weighted by Gasteiger charge is 2.14. The van der Waals surface area contributed by atoms with E-state index < -0.39 is 5.97 Å². The van der Waals surface area contributed by atoms with Crippen LogP contribution >= 0.6 is 0 Å². The summed E-state index contributed by atoms with van der Waals surface area (Å²) in [6.45, 7) is 4.07. The van der Waals surface area contributed by atoms with E-state index >= 15 is 0 Å². The first-order chi connectivity index (χ1) is 7.95. The molecule has 0 aliphatic rings. The van der Waals surface area contributed by atoms with Gasteiger partial charge in [-0.2, -0.15) is 5.10 Å². The van der Waals surface area contributed by atoms with Crippen molar-refractivity contribution >= 4 is 11.9 Å². The average molecular weight is 239 g/mol. The number of carboxylic acid groups (broad SMARTS) is 1. The van der Waals surface area contributed by atoms with Crippen molar-refractivity contribution < 1.29 is 14.7 Å². The van der Waals surface area contributed by atoms with E-state index in [2.05, 4.69) is 10.4 Å². The van der Waals surface area contributed by atoms with E-state index in [1.165, 1.54) is 0 Å². The normalized spacial score (nSPS) is 10.3. The highest BCUT2D eigenvalue weighted by Crippen LogP contribution is 2.14. The molecular weight excluding hydrogens is 222 g/mol. The van der Waals surface area contributed by atoms with E-state index in [-0.39, 0.29) is 12.3 Å². The van der Waals surface area contributed by atoms with E-state index in [0.717, 1.165) is 11.3 Å². The summed E-state index contributed by atoms with van der Waals surface area (Å²) in [6, 6.07) is 0. The smallest absolute Gasteiger partial charge is 0.307 e. The predicted octanol–water partition coefficient (Wildman–Crippen LogP) is 0.263. The molecule has 6 heteroatoms. The van der Waals surface area contributed by atoms with Gasteiger partial charge < -0.3 is 10.4 Å². The van der Waals surface area contributed by atoms with Crippen LogP contribution in [0.3, 0.4) is 0 Å². The van der Waals surface area contributed by atoms with Crippen LogP contribution in [0.15, 0.2) is 0 Å². The summed E-state index contributed by atoms with van der Waals surface area (Å²) in [5, 5.41) is 15.6. The Bertz CT molecular complexity index is 437. The zero-order chi connectivity index (χ0) is 13.0. The summed E-state index contributed by atoms with van der Waals surface area (Å²) in [6.07, 6.45) is 0.308. The largest absolute Gasteiger partial charge is 0.481 e. The first-order valence-corrected chi connectivity index (χ1v) is 5.41. The fraction of sp³-hybridized carbons (Fsp3) is 0.545. The molecule has 0 saturated carbocycles. The predicted molar refractivity (Wildman–Crippen MR) is 61.7 cm³/mol. The number of hydrogen-bond acceptors (Lipinski definition) is 3. The zero-order valence-electron chi connectivity index (χ0n) is 10.3. The molecule has 1 rings (SSSR count). The lowest BCUT2D eigenvalue weighted by atomic mass is 10.1. The molecular formula is C11H17N3O3. The third kappa shape index (κ3) is 3.30. The molecule has 1 heterocycles. The number of carbonyl (C=O) groups excluding carboxylic acids is 1. The Hall–Kier alpha value is -1.85. The lowest BCUT2D eigenvalue weighted by Gasteiger charge is -2.04. The van der Waals surface area contributed by atoms with Crippen molar-refractivity contribution in [3.8, 4) is 0 Å². The van der Waals surface area contributed by atoms with Gasteiger partial charge in [-0.25, -0.2) is 0 Å². The number of aliphatic carboxylic acids is 1. The molecule has 0 bridgehead atoms. The van der Waals surface area contributed by atoms with Gasteiger partial charge in [0, 0.05) is 31.3 Å². The molecule has 17 heavy (non-hydrogen) atoms. The number of aromatic nitrogens is 2. The Kier molecular flexibility index (Phi) is 4.25. The number of amides is 1. The average Bonchev–Trinajstić information content (AvgIpc) is 2.53. The Morgan fingerprint density at radius 3 is 2.59 bits per heavy atom. The fourth-order valence-electron chi connectivity index (χ4n) is 1.69. The third-order valence-electron chi connectivity index (χ3n) is 2.69. The van der Waals surface area contributed by atoms with Crippen LogP contribution in [0.25, 0.3) is 0 Å². The van der Waals surface area contributed by atoms with Crippen molar-refractivity contribution in [2.24, 2.45) is 0 Å². The number of carboxylic acids is 1. The van der Waals surface area contributed by atoms with Crippen molar-refractivity contribution in [3.63, 3.8) is 0 Å². The van der Waals surface area contributed by atoms with Crippen LogP contribution in [0.1, 0.15) is 23.4 Å². The number of rotatable bonds is 5. The van der Waals surface area contributed by atoms with Gasteiger partial charge in [0.15, 0.2) is 0 Å². The summed E-state index contributed by atoms with van der Waals surface area (Å²) < 4.78 is 1.68. The highest BCUT2D eigenvalue weighted by molar-refractivity contribution is 5.75. The van der Waals surface area contributed by atoms with Crippen LogP contribution in [0.4, 0.5) is 0 Å². The first-order valence-electron chi connectivity index (χ1n) is 5.41. The monoisotopic (exact) mass is 239 g/mol. The van der Waals surface area contributed by atoms with E-state index in [4.69, 9.17) is 5.11 Å². The maximum atomic E-state index is 11.1. The molecule has 0 radical (unpaired) electrons. The number of nitrogens with zero attached hydrogens (tertiary/aromatic N) is 2. The lowest BCUT2D eigenvalue weighted by molar-refractivity contribution is -0.136. The topological polar surface area (TPSA) is 84.2 Å². The van der Waals surface area contributed by atoms with Crippen LogP contribution in [0, 0.1) is 13.8 Å². The molecule has 0 atom stereocenters. The molecule has 0 unspecified atom stereocenters. The van der Waals surface area contributed by atoms with E-state index in [1.807, 2.05) is 6.92 Å². The van der Waals surface area contributed by atoms with E-state index in [9.17, 15) is 9.59 Å². The van der Waals surface area contributed by atoms with E-state index in [1.54, 1.807) is 18.7 Å². The summed E-state index contributed by atoms with van der Waals surface area (Å²) in [7, 11) is 1.58. The van der Waals surface area contributed by atoms with Gasteiger partial charge in [-0.1, -0.05) is 0 Å². The van der Waals surface area contributed by atoms with Gasteiger partial charge in [0.25, 0.3) is 0 Å². The van der Waals surface area contributed by atoms with Gasteiger partial charge in [0.2, 0.25) is 5.91 Å². The molecule has 94 valence electrons. The van der Waals surface area contributed by atoms with Gasteiger partial charge in [-0.15, -0.1) is 0 Å². The van der Waals surface area contributed by atoms with Crippen molar-refractivity contribution in [3.05, 3.63) is 17.0 Å². The minimum atomic E-state index is -0.873. The molecule has 1 aromatic rings. The minimum absolute atomic E-state index is 0.0301. The van der Waals surface area contributed by atoms with Gasteiger partial charge in [-0.3, -0.25) is 14.3 Å². The maximum absolute atomic E-state index is 11.1. The van der Waals surface area contributed by atoms with Crippen LogP contribution < -0.4 is 5.32 Å². The van der Waals surface area contributed by atoms with Crippen LogP contribution in [0.2, 0.25) is 0 Å². The minimum Gasteiger partial charge on any atom is -0.481 e.